The first-order valence-corrected chi connectivity index (χ1v) is 7.58. The first kappa shape index (κ1) is 15.7. The molecule has 2 atom stereocenters. The normalized spacial score (nSPS) is 14.3. The second-order valence-corrected chi connectivity index (χ2v) is 5.74. The van der Waals surface area contributed by atoms with Crippen molar-refractivity contribution in [2.24, 2.45) is 0 Å². The molecule has 1 heterocycles. The van der Waals surface area contributed by atoms with Gasteiger partial charge in [0.1, 0.15) is 0 Å². The van der Waals surface area contributed by atoms with Crippen LogP contribution in [0.25, 0.3) is 0 Å². The van der Waals surface area contributed by atoms with E-state index in [2.05, 4.69) is 79.8 Å². The van der Waals surface area contributed by atoms with Gasteiger partial charge in [0, 0.05) is 36.9 Å². The molecular weight excluding hydrogens is 260 g/mol. The Bertz CT molecular complexity index is 533. The average molecular weight is 286 g/mol. The largest absolute Gasteiger partial charge is 0.308 e. The van der Waals surface area contributed by atoms with Crippen molar-refractivity contribution < 1.29 is 0 Å². The van der Waals surface area contributed by atoms with E-state index in [1.807, 2.05) is 10.9 Å². The molecule has 0 saturated carbocycles. The number of hydrogen-bond donors (Lipinski definition) is 1. The summed E-state index contributed by atoms with van der Waals surface area (Å²) in [6.45, 7) is 6.18. The van der Waals surface area contributed by atoms with Crippen molar-refractivity contribution in [3.8, 4) is 0 Å². The minimum atomic E-state index is 0.274. The lowest BCUT2D eigenvalue weighted by Crippen LogP contribution is -2.32. The molecule has 0 aliphatic heterocycles. The predicted molar refractivity (Wildman–Crippen MR) is 87.2 cm³/mol. The van der Waals surface area contributed by atoms with Crippen LogP contribution in [0.3, 0.4) is 0 Å². The molecule has 0 bridgehead atoms. The van der Waals surface area contributed by atoms with Crippen molar-refractivity contribution in [2.75, 3.05) is 20.6 Å². The monoisotopic (exact) mass is 286 g/mol. The Balaban J connectivity index is 2.11. The van der Waals surface area contributed by atoms with Gasteiger partial charge in [-0.05, 0) is 33.5 Å². The van der Waals surface area contributed by atoms with Gasteiger partial charge in [-0.3, -0.25) is 4.68 Å². The van der Waals surface area contributed by atoms with Gasteiger partial charge in [0.05, 0.1) is 6.20 Å². The summed E-state index contributed by atoms with van der Waals surface area (Å²) in [5, 5.41) is 8.09. The van der Waals surface area contributed by atoms with Crippen molar-refractivity contribution in [2.45, 2.75) is 32.5 Å². The lowest BCUT2D eigenvalue weighted by Gasteiger charge is -2.26. The molecule has 2 aromatic rings. The van der Waals surface area contributed by atoms with Crippen LogP contribution in [0.4, 0.5) is 0 Å². The molecule has 0 amide bonds. The van der Waals surface area contributed by atoms with Crippen LogP contribution < -0.4 is 5.32 Å². The average Bonchev–Trinajstić information content (AvgIpc) is 2.96. The number of aryl methyl sites for hydroxylation is 1. The van der Waals surface area contributed by atoms with Crippen LogP contribution in [0.5, 0.6) is 0 Å². The fourth-order valence-corrected chi connectivity index (χ4v) is 2.48. The van der Waals surface area contributed by atoms with E-state index in [9.17, 15) is 0 Å². The number of hydrogen-bond acceptors (Lipinski definition) is 3. The van der Waals surface area contributed by atoms with Gasteiger partial charge in [-0.15, -0.1) is 0 Å². The molecule has 2 unspecified atom stereocenters. The van der Waals surface area contributed by atoms with Crippen molar-refractivity contribution in [1.29, 1.82) is 0 Å². The maximum atomic E-state index is 4.36. The van der Waals surface area contributed by atoms with Crippen molar-refractivity contribution in [1.82, 2.24) is 20.0 Å². The molecule has 1 N–H and O–H groups in total. The molecule has 0 aliphatic rings. The molecule has 21 heavy (non-hydrogen) atoms. The van der Waals surface area contributed by atoms with E-state index in [1.165, 1.54) is 11.1 Å². The number of nitrogens with one attached hydrogen (secondary N) is 1. The highest BCUT2D eigenvalue weighted by Crippen LogP contribution is 2.20. The maximum Gasteiger partial charge on any atom is 0.0537 e. The zero-order valence-electron chi connectivity index (χ0n) is 13.5. The van der Waals surface area contributed by atoms with Crippen LogP contribution in [-0.4, -0.2) is 35.3 Å². The summed E-state index contributed by atoms with van der Waals surface area (Å²) in [7, 11) is 4.22. The molecule has 0 fully saturated rings. The molecule has 1 aromatic heterocycles. The third-order valence-electron chi connectivity index (χ3n) is 3.68. The molecule has 0 aliphatic carbocycles. The van der Waals surface area contributed by atoms with Gasteiger partial charge < -0.3 is 10.2 Å². The zero-order chi connectivity index (χ0) is 15.2. The second-order valence-electron chi connectivity index (χ2n) is 5.74. The van der Waals surface area contributed by atoms with Gasteiger partial charge in [0.2, 0.25) is 0 Å². The number of benzene rings is 1. The van der Waals surface area contributed by atoms with E-state index in [0.29, 0.717) is 6.04 Å². The van der Waals surface area contributed by atoms with E-state index < -0.39 is 0 Å². The van der Waals surface area contributed by atoms with Crippen LogP contribution in [0.2, 0.25) is 0 Å². The van der Waals surface area contributed by atoms with Crippen molar-refractivity contribution in [3.63, 3.8) is 0 Å². The Morgan fingerprint density at radius 1 is 1.19 bits per heavy atom. The zero-order valence-corrected chi connectivity index (χ0v) is 13.5. The van der Waals surface area contributed by atoms with Crippen LogP contribution in [0.15, 0.2) is 42.7 Å². The van der Waals surface area contributed by atoms with E-state index in [-0.39, 0.29) is 6.04 Å². The minimum Gasteiger partial charge on any atom is -0.308 e. The number of aromatic nitrogens is 2. The van der Waals surface area contributed by atoms with Crippen LogP contribution in [-0.2, 0) is 6.54 Å². The Hall–Kier alpha value is -1.65. The Kier molecular flexibility index (Phi) is 5.53. The molecule has 1 aromatic carbocycles. The highest BCUT2D eigenvalue weighted by molar-refractivity contribution is 5.20. The fraction of sp³-hybridized carbons (Fsp3) is 0.471. The third kappa shape index (κ3) is 4.41. The van der Waals surface area contributed by atoms with Crippen LogP contribution >= 0.6 is 0 Å². The molecule has 4 nitrogen and oxygen atoms in total. The lowest BCUT2D eigenvalue weighted by molar-refractivity contribution is 0.325. The first-order chi connectivity index (χ1) is 10.1. The summed E-state index contributed by atoms with van der Waals surface area (Å²) < 4.78 is 1.97. The van der Waals surface area contributed by atoms with E-state index in [1.54, 1.807) is 0 Å². The van der Waals surface area contributed by atoms with Crippen molar-refractivity contribution in [3.05, 3.63) is 53.9 Å². The summed E-state index contributed by atoms with van der Waals surface area (Å²) in [4.78, 5) is 2.22. The van der Waals surface area contributed by atoms with E-state index in [0.717, 1.165) is 13.1 Å². The van der Waals surface area contributed by atoms with Gasteiger partial charge in [-0.2, -0.15) is 5.10 Å². The van der Waals surface area contributed by atoms with Crippen molar-refractivity contribution >= 4 is 0 Å². The highest BCUT2D eigenvalue weighted by atomic mass is 15.3. The van der Waals surface area contributed by atoms with Gasteiger partial charge in [0.15, 0.2) is 0 Å². The second kappa shape index (κ2) is 7.38. The summed E-state index contributed by atoms with van der Waals surface area (Å²) in [5.41, 5.74) is 2.55. The summed E-state index contributed by atoms with van der Waals surface area (Å²) in [6.07, 6.45) is 4.08. The summed E-state index contributed by atoms with van der Waals surface area (Å²) in [6, 6.07) is 11.2. The molecule has 2 rings (SSSR count). The van der Waals surface area contributed by atoms with Gasteiger partial charge >= 0.3 is 0 Å². The highest BCUT2D eigenvalue weighted by Gasteiger charge is 2.17. The maximum absolute atomic E-state index is 4.36. The van der Waals surface area contributed by atoms with Crippen LogP contribution in [0, 0.1) is 0 Å². The quantitative estimate of drug-likeness (QED) is 0.849. The Morgan fingerprint density at radius 2 is 1.90 bits per heavy atom. The molecular formula is C17H26N4. The van der Waals surface area contributed by atoms with Crippen LogP contribution in [0.1, 0.15) is 37.1 Å². The van der Waals surface area contributed by atoms with E-state index in [4.69, 9.17) is 0 Å². The number of likely N-dealkylation sites (N-methyl/N-ethyl adjacent to an activating group) is 1. The minimum absolute atomic E-state index is 0.274. The number of nitrogens with zero attached hydrogens (tertiary/aromatic N) is 3. The first-order valence-electron chi connectivity index (χ1n) is 7.58. The fourth-order valence-electron chi connectivity index (χ4n) is 2.48. The number of rotatable bonds is 7. The molecule has 4 heteroatoms. The lowest BCUT2D eigenvalue weighted by atomic mass is 10.0. The topological polar surface area (TPSA) is 33.1 Å². The molecule has 114 valence electrons. The Morgan fingerprint density at radius 3 is 2.48 bits per heavy atom. The molecule has 0 radical (unpaired) electrons. The third-order valence-corrected chi connectivity index (χ3v) is 3.68. The molecule has 0 saturated heterocycles. The SMILES string of the molecule is CCn1cc(C(C)NC(CN(C)C)c2ccccc2)cn1. The van der Waals surface area contributed by atoms with Gasteiger partial charge in [-0.1, -0.05) is 30.3 Å². The summed E-state index contributed by atoms with van der Waals surface area (Å²) in [5.74, 6) is 0. The smallest absolute Gasteiger partial charge is 0.0537 e. The standard InChI is InChI=1S/C17H26N4/c1-5-21-12-16(11-18-21)14(2)19-17(13-20(3)4)15-9-7-6-8-10-15/h6-12,14,17,19H,5,13H2,1-4H3. The molecule has 0 spiro atoms. The summed E-state index contributed by atoms with van der Waals surface area (Å²) >= 11 is 0. The Labute approximate surface area is 127 Å². The van der Waals surface area contributed by atoms with Gasteiger partial charge in [-0.25, -0.2) is 0 Å². The predicted octanol–water partition coefficient (Wildman–Crippen LogP) is 2.86. The van der Waals surface area contributed by atoms with Gasteiger partial charge in [0.25, 0.3) is 0 Å². The van der Waals surface area contributed by atoms with E-state index >= 15 is 0 Å².